The van der Waals surface area contributed by atoms with Gasteiger partial charge in [-0.2, -0.15) is 0 Å². The van der Waals surface area contributed by atoms with Crippen molar-refractivity contribution in [3.05, 3.63) is 56.9 Å². The van der Waals surface area contributed by atoms with Crippen LogP contribution in [0.5, 0.6) is 0 Å². The first-order chi connectivity index (χ1) is 7.43. The van der Waals surface area contributed by atoms with Gasteiger partial charge in [0.15, 0.2) is 0 Å². The average molecular weight is 230 g/mol. The second-order valence-corrected chi connectivity index (χ2v) is 5.41. The molecule has 74 valence electrons. The Morgan fingerprint density at radius 3 is 1.73 bits per heavy atom. The van der Waals surface area contributed by atoms with E-state index in [2.05, 4.69) is 47.2 Å². The van der Waals surface area contributed by atoms with Crippen LogP contribution in [-0.4, -0.2) is 0 Å². The van der Waals surface area contributed by atoms with Gasteiger partial charge in [-0.3, -0.25) is 0 Å². The minimum Gasteiger partial charge on any atom is -0.144 e. The molecule has 0 aromatic carbocycles. The summed E-state index contributed by atoms with van der Waals surface area (Å²) in [6.07, 6.45) is 5.59. The summed E-state index contributed by atoms with van der Waals surface area (Å²) in [5.41, 5.74) is 2.90. The Morgan fingerprint density at radius 1 is 0.800 bits per heavy atom. The molecule has 2 aromatic heterocycles. The Morgan fingerprint density at radius 2 is 1.33 bits per heavy atom. The second-order valence-electron chi connectivity index (χ2n) is 3.52. The first-order valence-electron chi connectivity index (χ1n) is 4.91. The molecule has 2 heterocycles. The predicted molar refractivity (Wildman–Crippen MR) is 69.2 cm³/mol. The number of rotatable bonds is 2. The average Bonchev–Trinajstić information content (AvgIpc) is 3.02. The molecule has 0 radical (unpaired) electrons. The van der Waals surface area contributed by atoms with Crippen LogP contribution in [-0.2, 0) is 0 Å². The van der Waals surface area contributed by atoms with Crippen LogP contribution in [0, 0.1) is 0 Å². The molecular weight excluding hydrogens is 220 g/mol. The van der Waals surface area contributed by atoms with Gasteiger partial charge in [0.25, 0.3) is 0 Å². The molecule has 0 atom stereocenters. The van der Waals surface area contributed by atoms with Crippen LogP contribution >= 0.6 is 22.7 Å². The molecule has 1 aliphatic rings. The van der Waals surface area contributed by atoms with Gasteiger partial charge < -0.3 is 0 Å². The monoisotopic (exact) mass is 230 g/mol. The fourth-order valence-corrected chi connectivity index (χ4v) is 3.29. The largest absolute Gasteiger partial charge is 0.144 e. The lowest BCUT2D eigenvalue weighted by Crippen LogP contribution is -1.78. The third-order valence-corrected chi connectivity index (χ3v) is 4.43. The topological polar surface area (TPSA) is 0 Å². The van der Waals surface area contributed by atoms with Crippen molar-refractivity contribution in [1.82, 2.24) is 0 Å². The molecule has 0 saturated carbocycles. The highest BCUT2D eigenvalue weighted by Crippen LogP contribution is 2.36. The van der Waals surface area contributed by atoms with Crippen LogP contribution in [0.2, 0.25) is 0 Å². The maximum Gasteiger partial charge on any atom is 0.0305 e. The molecule has 2 aromatic rings. The minimum atomic E-state index is 1.08. The van der Waals surface area contributed by atoms with Crippen molar-refractivity contribution in [3.63, 3.8) is 0 Å². The van der Waals surface area contributed by atoms with Crippen molar-refractivity contribution >= 4 is 33.8 Å². The number of hydrogen-bond acceptors (Lipinski definition) is 2. The van der Waals surface area contributed by atoms with Crippen LogP contribution in [0.3, 0.4) is 0 Å². The number of allylic oxidation sites excluding steroid dienone is 4. The van der Waals surface area contributed by atoms with Gasteiger partial charge in [-0.1, -0.05) is 24.3 Å². The van der Waals surface area contributed by atoms with E-state index in [0.717, 1.165) is 6.42 Å². The van der Waals surface area contributed by atoms with E-state index in [4.69, 9.17) is 0 Å². The van der Waals surface area contributed by atoms with Crippen LogP contribution in [0.25, 0.3) is 11.1 Å². The van der Waals surface area contributed by atoms with E-state index in [1.165, 1.54) is 20.9 Å². The Bertz CT molecular complexity index is 450. The van der Waals surface area contributed by atoms with Gasteiger partial charge >= 0.3 is 0 Å². The Kier molecular flexibility index (Phi) is 2.31. The first-order valence-corrected chi connectivity index (χ1v) is 6.67. The van der Waals surface area contributed by atoms with Crippen molar-refractivity contribution in [2.24, 2.45) is 0 Å². The zero-order chi connectivity index (χ0) is 10.1. The maximum atomic E-state index is 2.25. The zero-order valence-corrected chi connectivity index (χ0v) is 9.78. The molecule has 3 rings (SSSR count). The summed E-state index contributed by atoms with van der Waals surface area (Å²) in [6.45, 7) is 0. The summed E-state index contributed by atoms with van der Waals surface area (Å²) in [5.74, 6) is 0. The van der Waals surface area contributed by atoms with Gasteiger partial charge in [-0.25, -0.2) is 0 Å². The van der Waals surface area contributed by atoms with Crippen molar-refractivity contribution in [2.45, 2.75) is 6.42 Å². The Balaban J connectivity index is 1.82. The van der Waals surface area contributed by atoms with Gasteiger partial charge in [-0.05, 0) is 34.0 Å². The van der Waals surface area contributed by atoms with Crippen LogP contribution < -0.4 is 0 Å². The Labute approximate surface area is 97.2 Å². The highest BCUT2D eigenvalue weighted by molar-refractivity contribution is 7.11. The zero-order valence-electron chi connectivity index (χ0n) is 8.14. The van der Waals surface area contributed by atoms with Crippen LogP contribution in [0.4, 0.5) is 0 Å². The van der Waals surface area contributed by atoms with E-state index in [1.54, 1.807) is 0 Å². The molecular formula is C13H10S2. The minimum absolute atomic E-state index is 1.08. The maximum absolute atomic E-state index is 2.25. The third-order valence-electron chi connectivity index (χ3n) is 2.54. The summed E-state index contributed by atoms with van der Waals surface area (Å²) in [5, 5.41) is 4.28. The van der Waals surface area contributed by atoms with E-state index >= 15 is 0 Å². The fraction of sp³-hybridized carbons (Fsp3) is 0.0769. The van der Waals surface area contributed by atoms with E-state index in [-0.39, 0.29) is 0 Å². The molecule has 0 nitrogen and oxygen atoms in total. The quantitative estimate of drug-likeness (QED) is 0.702. The summed E-state index contributed by atoms with van der Waals surface area (Å²) in [7, 11) is 0. The summed E-state index contributed by atoms with van der Waals surface area (Å²) in [4.78, 5) is 2.80. The van der Waals surface area contributed by atoms with Gasteiger partial charge in [0, 0.05) is 16.2 Å². The van der Waals surface area contributed by atoms with Crippen molar-refractivity contribution in [1.29, 1.82) is 0 Å². The van der Waals surface area contributed by atoms with E-state index in [1.807, 2.05) is 22.7 Å². The normalized spacial score (nSPS) is 15.2. The molecule has 0 fully saturated rings. The summed E-state index contributed by atoms with van der Waals surface area (Å²) < 4.78 is 0. The lowest BCUT2D eigenvalue weighted by atomic mass is 10.1. The van der Waals surface area contributed by atoms with E-state index in [0.29, 0.717) is 0 Å². The first kappa shape index (κ1) is 9.13. The number of thiophene rings is 2. The molecule has 0 bridgehead atoms. The third kappa shape index (κ3) is 1.71. The lowest BCUT2D eigenvalue weighted by molar-refractivity contribution is 1.49. The molecule has 1 aliphatic carbocycles. The highest BCUT2D eigenvalue weighted by Gasteiger charge is 2.12. The molecule has 0 N–H and O–H groups in total. The summed E-state index contributed by atoms with van der Waals surface area (Å²) >= 11 is 3.64. The van der Waals surface area contributed by atoms with Gasteiger partial charge in [0.05, 0.1) is 0 Å². The van der Waals surface area contributed by atoms with E-state index in [9.17, 15) is 0 Å². The van der Waals surface area contributed by atoms with Crippen molar-refractivity contribution in [3.8, 4) is 0 Å². The second kappa shape index (κ2) is 3.80. The predicted octanol–water partition coefficient (Wildman–Crippen LogP) is 4.68. The van der Waals surface area contributed by atoms with Gasteiger partial charge in [0.2, 0.25) is 0 Å². The molecule has 0 amide bonds. The Hall–Kier alpha value is -1.12. The van der Waals surface area contributed by atoms with Crippen molar-refractivity contribution < 1.29 is 0 Å². The van der Waals surface area contributed by atoms with E-state index < -0.39 is 0 Å². The fourth-order valence-electron chi connectivity index (χ4n) is 1.79. The molecule has 0 unspecified atom stereocenters. The molecule has 2 heteroatoms. The standard InChI is InChI=1S/C13H10S2/c1-3-12(14-7-1)10-5-6-11(9-10)13-4-2-8-15-13/h1-8H,9H2. The van der Waals surface area contributed by atoms with Crippen LogP contribution in [0.15, 0.2) is 47.2 Å². The lowest BCUT2D eigenvalue weighted by Gasteiger charge is -2.00. The van der Waals surface area contributed by atoms with Gasteiger partial charge in [-0.15, -0.1) is 22.7 Å². The molecule has 15 heavy (non-hydrogen) atoms. The summed E-state index contributed by atoms with van der Waals surface area (Å²) in [6, 6.07) is 8.62. The number of hydrogen-bond donors (Lipinski definition) is 0. The highest BCUT2D eigenvalue weighted by atomic mass is 32.1. The smallest absolute Gasteiger partial charge is 0.0305 e. The van der Waals surface area contributed by atoms with Crippen LogP contribution in [0.1, 0.15) is 16.2 Å². The molecule has 0 spiro atoms. The molecule has 0 saturated heterocycles. The SMILES string of the molecule is C1=C(c2cccs2)CC(c2cccs2)=C1. The van der Waals surface area contributed by atoms with Crippen molar-refractivity contribution in [2.75, 3.05) is 0 Å². The van der Waals surface area contributed by atoms with Gasteiger partial charge in [0.1, 0.15) is 0 Å². The molecule has 0 aliphatic heterocycles.